The van der Waals surface area contributed by atoms with Crippen LogP contribution in [-0.4, -0.2) is 113 Å². The van der Waals surface area contributed by atoms with E-state index >= 15 is 4.39 Å². The molecule has 3 aromatic rings. The molecule has 1 atom stereocenters. The van der Waals surface area contributed by atoms with Gasteiger partial charge in [-0.2, -0.15) is 5.26 Å². The van der Waals surface area contributed by atoms with E-state index in [0.717, 1.165) is 95.1 Å². The first-order chi connectivity index (χ1) is 29.5. The summed E-state index contributed by atoms with van der Waals surface area (Å²) in [6.07, 6.45) is 10.5. The zero-order chi connectivity index (χ0) is 42.4. The molecule has 6 heterocycles. The van der Waals surface area contributed by atoms with E-state index in [1.807, 2.05) is 4.90 Å². The summed E-state index contributed by atoms with van der Waals surface area (Å²) in [6, 6.07) is 8.63. The molecule has 5 fully saturated rings. The molecule has 0 bridgehead atoms. The number of fused-ring (bicyclic) bond motifs is 1. The van der Waals surface area contributed by atoms with Gasteiger partial charge in [-0.15, -0.1) is 0 Å². The van der Waals surface area contributed by atoms with Crippen molar-refractivity contribution in [2.45, 2.75) is 82.4 Å². The lowest BCUT2D eigenvalue weighted by atomic mass is 9.71. The zero-order valence-electron chi connectivity index (χ0n) is 33.7. The van der Waals surface area contributed by atoms with Crippen LogP contribution in [0.15, 0.2) is 42.7 Å². The Balaban J connectivity index is 0.692. The smallest absolute Gasteiger partial charge is 0.262 e. The van der Waals surface area contributed by atoms with Crippen molar-refractivity contribution < 1.29 is 33.1 Å². The second kappa shape index (κ2) is 16.7. The number of halogens is 2. The molecule has 4 saturated heterocycles. The van der Waals surface area contributed by atoms with Crippen LogP contribution >= 0.6 is 11.6 Å². The third-order valence-electron chi connectivity index (χ3n) is 13.5. The van der Waals surface area contributed by atoms with Crippen LogP contribution in [0.1, 0.15) is 101 Å². The molecule has 1 spiro atoms. The molecule has 15 nitrogen and oxygen atoms in total. The molecular weight excluding hydrogens is 805 g/mol. The Kier molecular flexibility index (Phi) is 11.1. The number of nitriles is 1. The zero-order valence-corrected chi connectivity index (χ0v) is 34.5. The van der Waals surface area contributed by atoms with E-state index in [1.165, 1.54) is 6.07 Å². The van der Waals surface area contributed by atoms with Crippen molar-refractivity contribution in [1.29, 1.82) is 5.26 Å². The number of hydrogen-bond donors (Lipinski definition) is 2. The summed E-state index contributed by atoms with van der Waals surface area (Å²) in [5, 5.41) is 14.8. The maximum absolute atomic E-state index is 15.4. The number of carbonyl (C=O) groups is 5. The number of likely N-dealkylation sites (tertiary alicyclic amines) is 1. The Morgan fingerprint density at radius 1 is 0.918 bits per heavy atom. The van der Waals surface area contributed by atoms with Crippen molar-refractivity contribution >= 4 is 52.8 Å². The molecule has 9 rings (SSSR count). The predicted octanol–water partition coefficient (Wildman–Crippen LogP) is 4.48. The van der Waals surface area contributed by atoms with E-state index in [0.29, 0.717) is 52.5 Å². The number of amides is 5. The number of nitrogens with one attached hydrogen (secondary N) is 2. The van der Waals surface area contributed by atoms with Gasteiger partial charge in [-0.1, -0.05) is 11.6 Å². The number of benzene rings is 2. The summed E-state index contributed by atoms with van der Waals surface area (Å²) < 4.78 is 21.5. The van der Waals surface area contributed by atoms with Crippen molar-refractivity contribution in [3.63, 3.8) is 0 Å². The Bertz CT molecular complexity index is 2290. The Hall–Kier alpha value is -5.66. The van der Waals surface area contributed by atoms with Gasteiger partial charge in [0.05, 0.1) is 39.1 Å². The number of imide groups is 2. The molecule has 5 aliphatic heterocycles. The van der Waals surface area contributed by atoms with Gasteiger partial charge in [0.25, 0.3) is 17.7 Å². The van der Waals surface area contributed by atoms with Crippen LogP contribution in [0.2, 0.25) is 5.02 Å². The average Bonchev–Trinajstić information content (AvgIpc) is 3.48. The van der Waals surface area contributed by atoms with Crippen molar-refractivity contribution in [2.24, 2.45) is 11.3 Å². The fourth-order valence-corrected chi connectivity index (χ4v) is 10.1. The monoisotopic (exact) mass is 851 g/mol. The van der Waals surface area contributed by atoms with E-state index in [4.69, 9.17) is 21.6 Å². The molecular formula is C44H47ClFN9O6. The number of nitrogens with zero attached hydrogens (tertiary/aromatic N) is 7. The molecule has 6 aliphatic rings. The normalized spacial score (nSPS) is 24.3. The first-order valence-electron chi connectivity index (χ1n) is 21.2. The number of aromatic nitrogens is 2. The summed E-state index contributed by atoms with van der Waals surface area (Å²) >= 11 is 6.15. The maximum atomic E-state index is 15.4. The minimum Gasteiger partial charge on any atom is -0.490 e. The van der Waals surface area contributed by atoms with Crippen molar-refractivity contribution in [2.75, 3.05) is 55.6 Å². The molecule has 1 aliphatic carbocycles. The Morgan fingerprint density at radius 2 is 1.61 bits per heavy atom. The van der Waals surface area contributed by atoms with Crippen LogP contribution in [0.4, 0.5) is 16.0 Å². The fourth-order valence-electron chi connectivity index (χ4n) is 9.91. The van der Waals surface area contributed by atoms with Gasteiger partial charge in [-0.3, -0.25) is 34.2 Å². The number of carbonyl (C=O) groups excluding carboxylic acids is 5. The van der Waals surface area contributed by atoms with Gasteiger partial charge in [0.2, 0.25) is 17.8 Å². The molecule has 2 N–H and O–H groups in total. The first kappa shape index (κ1) is 40.7. The topological polar surface area (TPSA) is 181 Å². The number of ether oxygens (including phenoxy) is 1. The fraction of sp³-hybridized carbons (Fsp3) is 0.500. The molecule has 2 aromatic carbocycles. The Labute approximate surface area is 357 Å². The van der Waals surface area contributed by atoms with Crippen molar-refractivity contribution in [3.8, 4) is 11.8 Å². The second-order valence-electron chi connectivity index (χ2n) is 17.5. The van der Waals surface area contributed by atoms with Crippen LogP contribution in [0.5, 0.6) is 5.75 Å². The summed E-state index contributed by atoms with van der Waals surface area (Å²) in [5.74, 6) is -1.42. The van der Waals surface area contributed by atoms with Crippen LogP contribution < -0.4 is 25.2 Å². The van der Waals surface area contributed by atoms with Crippen molar-refractivity contribution in [1.82, 2.24) is 30.4 Å². The summed E-state index contributed by atoms with van der Waals surface area (Å²) in [5.41, 5.74) is 1.25. The van der Waals surface area contributed by atoms with Gasteiger partial charge < -0.3 is 24.8 Å². The second-order valence-corrected chi connectivity index (χ2v) is 17.9. The molecule has 5 amide bonds. The summed E-state index contributed by atoms with van der Waals surface area (Å²) in [6.45, 7) is 5.97. The van der Waals surface area contributed by atoms with Gasteiger partial charge >= 0.3 is 0 Å². The average molecular weight is 852 g/mol. The summed E-state index contributed by atoms with van der Waals surface area (Å²) in [4.78, 5) is 80.2. The number of rotatable bonds is 9. The van der Waals surface area contributed by atoms with Crippen LogP contribution in [0.25, 0.3) is 0 Å². The van der Waals surface area contributed by atoms with Gasteiger partial charge in [-0.25, -0.2) is 14.4 Å². The van der Waals surface area contributed by atoms with E-state index in [9.17, 15) is 24.0 Å². The SMILES string of the molecule is N#Cc1ccc(O[C@H]2CC[C@H](NC(=O)c3cnc(N4CCC(CN5CCC6(CC5)CN(c5cc7c(cc5F)C(=O)N(C5CCC(=O)NC5=O)C7=O)C6)CC4)nc3)CC2)cc1Cl. The van der Waals surface area contributed by atoms with Gasteiger partial charge in [-0.05, 0) is 101 Å². The number of anilines is 2. The van der Waals surface area contributed by atoms with Crippen molar-refractivity contribution in [3.05, 3.63) is 75.8 Å². The lowest BCUT2D eigenvalue weighted by Gasteiger charge is -2.55. The predicted molar refractivity (Wildman–Crippen MR) is 221 cm³/mol. The van der Waals surface area contributed by atoms with Crippen LogP contribution in [-0.2, 0) is 9.59 Å². The minimum absolute atomic E-state index is 0.0168. The van der Waals surface area contributed by atoms with E-state index in [2.05, 4.69) is 36.5 Å². The van der Waals surface area contributed by atoms with Gasteiger partial charge in [0.1, 0.15) is 23.7 Å². The van der Waals surface area contributed by atoms with E-state index < -0.39 is 35.5 Å². The lowest BCUT2D eigenvalue weighted by molar-refractivity contribution is -0.136. The largest absolute Gasteiger partial charge is 0.490 e. The van der Waals surface area contributed by atoms with Gasteiger partial charge in [0.15, 0.2) is 0 Å². The first-order valence-corrected chi connectivity index (χ1v) is 21.6. The Morgan fingerprint density at radius 3 is 2.26 bits per heavy atom. The highest BCUT2D eigenvalue weighted by Crippen LogP contribution is 2.45. The molecule has 61 heavy (non-hydrogen) atoms. The van der Waals surface area contributed by atoms with E-state index in [1.54, 1.807) is 30.6 Å². The third-order valence-corrected chi connectivity index (χ3v) is 13.8. The summed E-state index contributed by atoms with van der Waals surface area (Å²) in [7, 11) is 0. The molecule has 1 unspecified atom stereocenters. The highest BCUT2D eigenvalue weighted by molar-refractivity contribution is 6.31. The van der Waals surface area contributed by atoms with E-state index in [-0.39, 0.29) is 47.4 Å². The molecule has 0 radical (unpaired) electrons. The van der Waals surface area contributed by atoms with Crippen LogP contribution in [0, 0.1) is 28.5 Å². The highest BCUT2D eigenvalue weighted by atomic mass is 35.5. The molecule has 17 heteroatoms. The minimum atomic E-state index is -1.09. The third kappa shape index (κ3) is 8.25. The van der Waals surface area contributed by atoms with Gasteiger partial charge in [0, 0.05) is 69.1 Å². The quantitative estimate of drug-likeness (QED) is 0.289. The number of piperidine rings is 3. The molecule has 1 saturated carbocycles. The number of hydrogen-bond acceptors (Lipinski definition) is 12. The highest BCUT2D eigenvalue weighted by Gasteiger charge is 2.48. The molecule has 1 aromatic heterocycles. The van der Waals surface area contributed by atoms with Crippen LogP contribution in [0.3, 0.4) is 0 Å². The standard InChI is InChI=1S/C44H47ClFN9O6/c45-34-17-31(4-1-27(34)20-47)61-30-5-2-29(3-6-30)50-39(57)28-21-48-43(49-22-28)53-13-9-26(10-14-53)23-52-15-11-44(12-16-52)24-54(25-44)37-19-33-32(18-35(37)46)41(59)55(42(33)60)36-7-8-38(56)51-40(36)58/h1,4,17-19,21-22,26,29-30,36H,2-3,5-16,23-25H2,(H,50,57)(H,51,56,58)/t29-,30-,36?. The maximum Gasteiger partial charge on any atom is 0.262 e. The lowest BCUT2D eigenvalue weighted by Crippen LogP contribution is -2.61. The molecule has 318 valence electrons.